The molecule has 0 fully saturated rings. The molecule has 0 aromatic heterocycles. The van der Waals surface area contributed by atoms with Gasteiger partial charge in [-0.1, -0.05) is 24.3 Å². The maximum atomic E-state index is 12.8. The van der Waals surface area contributed by atoms with Crippen LogP contribution >= 0.6 is 0 Å². The zero-order valence-electron chi connectivity index (χ0n) is 12.0. The number of carbonyl (C=O) groups is 1. The molecule has 0 saturated carbocycles. The number of nitrogens with two attached hydrogens (primary N) is 1. The summed E-state index contributed by atoms with van der Waals surface area (Å²) >= 11 is 0. The van der Waals surface area contributed by atoms with E-state index in [2.05, 4.69) is 0 Å². The van der Waals surface area contributed by atoms with E-state index in [1.54, 1.807) is 24.1 Å². The molecule has 1 atom stereocenters. The second kappa shape index (κ2) is 5.58. The van der Waals surface area contributed by atoms with Gasteiger partial charge in [-0.05, 0) is 36.2 Å². The fourth-order valence-corrected chi connectivity index (χ4v) is 2.73. The van der Waals surface area contributed by atoms with Gasteiger partial charge in [0, 0.05) is 23.8 Å². The number of fused-ring (bicyclic) bond motifs is 1. The van der Waals surface area contributed by atoms with Crippen molar-refractivity contribution in [1.82, 2.24) is 0 Å². The summed E-state index contributed by atoms with van der Waals surface area (Å²) in [5.74, 6) is 0.631. The monoisotopic (exact) mass is 282 g/mol. The molecule has 21 heavy (non-hydrogen) atoms. The summed E-state index contributed by atoms with van der Waals surface area (Å²) in [6.45, 7) is 0.535. The second-order valence-electron chi connectivity index (χ2n) is 5.24. The lowest BCUT2D eigenvalue weighted by molar-refractivity contribution is 0.0983. The summed E-state index contributed by atoms with van der Waals surface area (Å²) in [6, 6.07) is 15.1. The van der Waals surface area contributed by atoms with Crippen LogP contribution in [0.1, 0.15) is 15.9 Å². The maximum Gasteiger partial charge on any atom is 0.258 e. The lowest BCUT2D eigenvalue weighted by Crippen LogP contribution is -2.46. The molecule has 108 valence electrons. The molecule has 3 rings (SSSR count). The summed E-state index contributed by atoms with van der Waals surface area (Å²) in [5.41, 5.74) is 8.77. The van der Waals surface area contributed by atoms with Gasteiger partial charge in [0.2, 0.25) is 0 Å². The van der Waals surface area contributed by atoms with Crippen LogP contribution in [0, 0.1) is 0 Å². The quantitative estimate of drug-likeness (QED) is 0.919. The first-order valence-corrected chi connectivity index (χ1v) is 6.98. The van der Waals surface area contributed by atoms with Gasteiger partial charge in [-0.15, -0.1) is 0 Å². The van der Waals surface area contributed by atoms with E-state index in [1.165, 1.54) is 0 Å². The van der Waals surface area contributed by atoms with Gasteiger partial charge in [0.1, 0.15) is 5.75 Å². The smallest absolute Gasteiger partial charge is 0.258 e. The van der Waals surface area contributed by atoms with Crippen molar-refractivity contribution in [3.05, 3.63) is 59.7 Å². The van der Waals surface area contributed by atoms with Gasteiger partial charge < -0.3 is 15.4 Å². The Kier molecular flexibility index (Phi) is 3.62. The highest BCUT2D eigenvalue weighted by molar-refractivity contribution is 6.07. The summed E-state index contributed by atoms with van der Waals surface area (Å²) in [7, 11) is 1.59. The third kappa shape index (κ3) is 2.62. The van der Waals surface area contributed by atoms with E-state index in [-0.39, 0.29) is 11.9 Å². The number of para-hydroxylation sites is 1. The third-order valence-corrected chi connectivity index (χ3v) is 3.74. The Bertz CT molecular complexity index is 669. The molecule has 1 aliphatic heterocycles. The van der Waals surface area contributed by atoms with Crippen LogP contribution in [0.2, 0.25) is 0 Å². The first kappa shape index (κ1) is 13.6. The molecule has 4 heteroatoms. The van der Waals surface area contributed by atoms with Crippen LogP contribution in [0.5, 0.6) is 5.75 Å². The van der Waals surface area contributed by atoms with Crippen molar-refractivity contribution in [3.63, 3.8) is 0 Å². The number of rotatable bonds is 2. The Labute approximate surface area is 124 Å². The summed E-state index contributed by atoms with van der Waals surface area (Å²) in [6.07, 6.45) is 0.804. The minimum atomic E-state index is -0.0449. The number of nitrogens with zero attached hydrogens (tertiary/aromatic N) is 1. The van der Waals surface area contributed by atoms with Crippen molar-refractivity contribution in [2.75, 3.05) is 18.6 Å². The van der Waals surface area contributed by atoms with Crippen molar-refractivity contribution < 1.29 is 9.53 Å². The van der Waals surface area contributed by atoms with Gasteiger partial charge in [0.05, 0.1) is 7.11 Å². The van der Waals surface area contributed by atoms with Crippen LogP contribution in [0.3, 0.4) is 0 Å². The molecular weight excluding hydrogens is 264 g/mol. The molecule has 1 aliphatic rings. The molecule has 0 aliphatic carbocycles. The Morgan fingerprint density at radius 1 is 1.24 bits per heavy atom. The van der Waals surface area contributed by atoms with E-state index in [4.69, 9.17) is 10.5 Å². The standard InChI is InChI=1S/C17H18N2O2/c1-21-15-7-4-6-13(10-15)17(20)19-11-14(18)9-12-5-2-3-8-16(12)19/h2-8,10,14H,9,11,18H2,1H3. The zero-order chi connectivity index (χ0) is 14.8. The van der Waals surface area contributed by atoms with Gasteiger partial charge in [0.15, 0.2) is 0 Å². The third-order valence-electron chi connectivity index (χ3n) is 3.74. The topological polar surface area (TPSA) is 55.6 Å². The predicted octanol–water partition coefficient (Wildman–Crippen LogP) is 2.23. The van der Waals surface area contributed by atoms with Gasteiger partial charge in [-0.25, -0.2) is 0 Å². The Morgan fingerprint density at radius 2 is 2.05 bits per heavy atom. The molecule has 2 aromatic rings. The molecule has 1 unspecified atom stereocenters. The van der Waals surface area contributed by atoms with Crippen LogP contribution in [0.4, 0.5) is 5.69 Å². The fraction of sp³-hybridized carbons (Fsp3) is 0.235. The fourth-order valence-electron chi connectivity index (χ4n) is 2.73. The highest BCUT2D eigenvalue weighted by Gasteiger charge is 2.27. The van der Waals surface area contributed by atoms with E-state index in [9.17, 15) is 4.79 Å². The zero-order valence-corrected chi connectivity index (χ0v) is 12.0. The van der Waals surface area contributed by atoms with Crippen LogP contribution in [-0.2, 0) is 6.42 Å². The van der Waals surface area contributed by atoms with E-state index in [1.807, 2.05) is 36.4 Å². The number of hydrogen-bond donors (Lipinski definition) is 1. The van der Waals surface area contributed by atoms with Gasteiger partial charge >= 0.3 is 0 Å². The largest absolute Gasteiger partial charge is 0.497 e. The minimum Gasteiger partial charge on any atom is -0.497 e. The van der Waals surface area contributed by atoms with Crippen LogP contribution in [0.15, 0.2) is 48.5 Å². The highest BCUT2D eigenvalue weighted by Crippen LogP contribution is 2.28. The first-order chi connectivity index (χ1) is 10.2. The Balaban J connectivity index is 1.97. The predicted molar refractivity (Wildman–Crippen MR) is 82.8 cm³/mol. The number of amides is 1. The summed E-state index contributed by atoms with van der Waals surface area (Å²) in [4.78, 5) is 14.6. The molecule has 0 bridgehead atoms. The lowest BCUT2D eigenvalue weighted by Gasteiger charge is -2.33. The van der Waals surface area contributed by atoms with Crippen LogP contribution < -0.4 is 15.4 Å². The second-order valence-corrected chi connectivity index (χ2v) is 5.24. The van der Waals surface area contributed by atoms with Gasteiger partial charge in [0.25, 0.3) is 5.91 Å². The SMILES string of the molecule is COc1cccc(C(=O)N2CC(N)Cc3ccccc32)c1. The number of anilines is 1. The summed E-state index contributed by atoms with van der Waals surface area (Å²) in [5, 5.41) is 0. The van der Waals surface area contributed by atoms with E-state index in [0.717, 1.165) is 17.7 Å². The van der Waals surface area contributed by atoms with Crippen molar-refractivity contribution >= 4 is 11.6 Å². The highest BCUT2D eigenvalue weighted by atomic mass is 16.5. The van der Waals surface area contributed by atoms with E-state index >= 15 is 0 Å². The molecule has 2 N–H and O–H groups in total. The van der Waals surface area contributed by atoms with Crippen molar-refractivity contribution in [3.8, 4) is 5.75 Å². The number of benzene rings is 2. The number of carbonyl (C=O) groups excluding carboxylic acids is 1. The molecular formula is C17H18N2O2. The number of methoxy groups -OCH3 is 1. The van der Waals surface area contributed by atoms with Crippen molar-refractivity contribution in [1.29, 1.82) is 0 Å². The van der Waals surface area contributed by atoms with Crippen molar-refractivity contribution in [2.24, 2.45) is 5.73 Å². The maximum absolute atomic E-state index is 12.8. The normalized spacial score (nSPS) is 17.2. The number of ether oxygens (including phenoxy) is 1. The summed E-state index contributed by atoms with van der Waals surface area (Å²) < 4.78 is 5.19. The first-order valence-electron chi connectivity index (χ1n) is 6.98. The van der Waals surface area contributed by atoms with Crippen molar-refractivity contribution in [2.45, 2.75) is 12.5 Å². The molecule has 4 nitrogen and oxygen atoms in total. The Hall–Kier alpha value is -2.33. The molecule has 1 heterocycles. The molecule has 0 saturated heterocycles. The van der Waals surface area contributed by atoms with Gasteiger partial charge in [-0.2, -0.15) is 0 Å². The molecule has 1 amide bonds. The molecule has 0 radical (unpaired) electrons. The van der Waals surface area contributed by atoms with E-state index < -0.39 is 0 Å². The van der Waals surface area contributed by atoms with Crippen LogP contribution in [-0.4, -0.2) is 25.6 Å². The lowest BCUT2D eigenvalue weighted by atomic mass is 9.97. The Morgan fingerprint density at radius 3 is 2.86 bits per heavy atom. The molecule has 0 spiro atoms. The molecule has 2 aromatic carbocycles. The average molecular weight is 282 g/mol. The number of hydrogen-bond acceptors (Lipinski definition) is 3. The van der Waals surface area contributed by atoms with Crippen LogP contribution in [0.25, 0.3) is 0 Å². The average Bonchev–Trinajstić information content (AvgIpc) is 2.53. The van der Waals surface area contributed by atoms with E-state index in [0.29, 0.717) is 17.9 Å². The van der Waals surface area contributed by atoms with Gasteiger partial charge in [-0.3, -0.25) is 4.79 Å². The minimum absolute atomic E-state index is 0.0329.